The van der Waals surface area contributed by atoms with Gasteiger partial charge in [0.25, 0.3) is 0 Å². The number of likely N-dealkylation sites (tertiary alicyclic amines) is 1. The van der Waals surface area contributed by atoms with Gasteiger partial charge >= 0.3 is 6.01 Å². The van der Waals surface area contributed by atoms with Crippen molar-refractivity contribution in [1.29, 1.82) is 0 Å². The number of aryl methyl sites for hydroxylation is 1. The Morgan fingerprint density at radius 2 is 1.75 bits per heavy atom. The lowest BCUT2D eigenvalue weighted by Gasteiger charge is -2.38. The van der Waals surface area contributed by atoms with Gasteiger partial charge in [-0.3, -0.25) is 0 Å². The predicted molar refractivity (Wildman–Crippen MR) is 82.3 cm³/mol. The van der Waals surface area contributed by atoms with Crippen LogP contribution in [0.4, 0.5) is 0 Å². The normalized spacial score (nSPS) is 22.9. The average Bonchev–Trinajstić information content (AvgIpc) is 2.51. The van der Waals surface area contributed by atoms with Crippen LogP contribution in [0.15, 0.2) is 12.4 Å². The minimum atomic E-state index is 0.284. The molecule has 0 radical (unpaired) electrons. The molecular formula is C15H23N3OS. The fraction of sp³-hybridized carbons (Fsp3) is 0.733. The van der Waals surface area contributed by atoms with Crippen molar-refractivity contribution in [3.05, 3.63) is 18.0 Å². The van der Waals surface area contributed by atoms with E-state index in [0.717, 1.165) is 37.5 Å². The standard InChI is InChI=1S/C15H23N3OS/c1-12-10-16-15(17-11-12)19-14-2-6-18(7-3-14)13-4-8-20-9-5-13/h10-11,13-14H,2-9H2,1H3. The van der Waals surface area contributed by atoms with Gasteiger partial charge in [0.2, 0.25) is 0 Å². The zero-order chi connectivity index (χ0) is 13.8. The lowest BCUT2D eigenvalue weighted by atomic mass is 10.0. The summed E-state index contributed by atoms with van der Waals surface area (Å²) in [6.07, 6.45) is 8.83. The molecule has 0 N–H and O–H groups in total. The SMILES string of the molecule is Cc1cnc(OC2CCN(C3CCSCC3)CC2)nc1. The van der Waals surface area contributed by atoms with Gasteiger partial charge in [-0.05, 0) is 49.7 Å². The molecule has 110 valence electrons. The van der Waals surface area contributed by atoms with Gasteiger partial charge in [0, 0.05) is 31.5 Å². The van der Waals surface area contributed by atoms with E-state index in [2.05, 4.69) is 26.6 Å². The number of aromatic nitrogens is 2. The molecule has 2 aliphatic rings. The third-order valence-corrected chi connectivity index (χ3v) is 5.26. The summed E-state index contributed by atoms with van der Waals surface area (Å²) in [6.45, 7) is 4.31. The van der Waals surface area contributed by atoms with Crippen LogP contribution in [0.25, 0.3) is 0 Å². The molecule has 0 aromatic carbocycles. The summed E-state index contributed by atoms with van der Waals surface area (Å²) in [6, 6.07) is 1.34. The van der Waals surface area contributed by atoms with Crippen LogP contribution in [0.1, 0.15) is 31.2 Å². The van der Waals surface area contributed by atoms with Crippen LogP contribution in [0.2, 0.25) is 0 Å². The molecule has 0 unspecified atom stereocenters. The smallest absolute Gasteiger partial charge is 0.316 e. The third-order valence-electron chi connectivity index (χ3n) is 4.21. The number of rotatable bonds is 3. The molecule has 0 spiro atoms. The van der Waals surface area contributed by atoms with Gasteiger partial charge in [0.05, 0.1) is 0 Å². The molecule has 0 aliphatic carbocycles. The van der Waals surface area contributed by atoms with E-state index in [-0.39, 0.29) is 6.10 Å². The Morgan fingerprint density at radius 1 is 1.10 bits per heavy atom. The number of hydrogen-bond acceptors (Lipinski definition) is 5. The Hall–Kier alpha value is -0.810. The van der Waals surface area contributed by atoms with E-state index >= 15 is 0 Å². The highest BCUT2D eigenvalue weighted by Crippen LogP contribution is 2.25. The van der Waals surface area contributed by atoms with Crippen molar-refractivity contribution in [3.8, 4) is 6.01 Å². The monoisotopic (exact) mass is 293 g/mol. The van der Waals surface area contributed by atoms with E-state index in [1.165, 1.54) is 24.3 Å². The van der Waals surface area contributed by atoms with Crippen molar-refractivity contribution in [2.45, 2.75) is 44.8 Å². The largest absolute Gasteiger partial charge is 0.460 e. The van der Waals surface area contributed by atoms with Gasteiger partial charge in [-0.15, -0.1) is 0 Å². The minimum Gasteiger partial charge on any atom is -0.460 e. The van der Waals surface area contributed by atoms with Crippen LogP contribution in [-0.4, -0.2) is 51.6 Å². The van der Waals surface area contributed by atoms with Crippen LogP contribution in [-0.2, 0) is 0 Å². The van der Waals surface area contributed by atoms with E-state index in [9.17, 15) is 0 Å². The molecule has 2 fully saturated rings. The second-order valence-electron chi connectivity index (χ2n) is 5.74. The number of nitrogens with zero attached hydrogens (tertiary/aromatic N) is 3. The van der Waals surface area contributed by atoms with E-state index in [4.69, 9.17) is 4.74 Å². The van der Waals surface area contributed by atoms with Crippen molar-refractivity contribution in [1.82, 2.24) is 14.9 Å². The highest BCUT2D eigenvalue weighted by atomic mass is 32.2. The Kier molecular flexibility index (Phi) is 4.78. The van der Waals surface area contributed by atoms with Gasteiger partial charge < -0.3 is 9.64 Å². The fourth-order valence-corrected chi connectivity index (χ4v) is 4.08. The third kappa shape index (κ3) is 3.64. The van der Waals surface area contributed by atoms with Crippen LogP contribution >= 0.6 is 11.8 Å². The highest BCUT2D eigenvalue weighted by molar-refractivity contribution is 7.99. The molecular weight excluding hydrogens is 270 g/mol. The molecule has 5 heteroatoms. The average molecular weight is 293 g/mol. The predicted octanol–water partition coefficient (Wildman–Crippen LogP) is 2.52. The molecule has 3 heterocycles. The number of hydrogen-bond donors (Lipinski definition) is 0. The van der Waals surface area contributed by atoms with Crippen molar-refractivity contribution < 1.29 is 4.74 Å². The minimum absolute atomic E-state index is 0.284. The highest BCUT2D eigenvalue weighted by Gasteiger charge is 2.27. The lowest BCUT2D eigenvalue weighted by molar-refractivity contribution is 0.0670. The summed E-state index contributed by atoms with van der Waals surface area (Å²) < 4.78 is 5.89. The number of thioether (sulfide) groups is 1. The zero-order valence-corrected chi connectivity index (χ0v) is 12.9. The fourth-order valence-electron chi connectivity index (χ4n) is 3.00. The topological polar surface area (TPSA) is 38.2 Å². The van der Waals surface area contributed by atoms with Gasteiger partial charge in [-0.25, -0.2) is 9.97 Å². The van der Waals surface area contributed by atoms with E-state index in [0.29, 0.717) is 6.01 Å². The Balaban J connectivity index is 1.47. The summed E-state index contributed by atoms with van der Waals surface area (Å²) in [4.78, 5) is 11.1. The summed E-state index contributed by atoms with van der Waals surface area (Å²) in [5.74, 6) is 2.66. The molecule has 2 aliphatic heterocycles. The Bertz CT molecular complexity index is 412. The van der Waals surface area contributed by atoms with Gasteiger partial charge in [-0.2, -0.15) is 11.8 Å². The molecule has 1 aromatic rings. The van der Waals surface area contributed by atoms with Crippen LogP contribution in [0, 0.1) is 6.92 Å². The van der Waals surface area contributed by atoms with Crippen LogP contribution in [0.5, 0.6) is 6.01 Å². The maximum atomic E-state index is 5.89. The van der Waals surface area contributed by atoms with Crippen LogP contribution in [0.3, 0.4) is 0 Å². The maximum absolute atomic E-state index is 5.89. The van der Waals surface area contributed by atoms with E-state index in [1.807, 2.05) is 19.3 Å². The summed E-state index contributed by atoms with van der Waals surface area (Å²) >= 11 is 2.10. The number of ether oxygens (including phenoxy) is 1. The first-order valence-electron chi connectivity index (χ1n) is 7.58. The Labute approximate surface area is 125 Å². The van der Waals surface area contributed by atoms with E-state index < -0.39 is 0 Å². The molecule has 0 atom stereocenters. The van der Waals surface area contributed by atoms with Crippen LogP contribution < -0.4 is 4.74 Å². The number of piperidine rings is 1. The summed E-state index contributed by atoms with van der Waals surface area (Å²) in [5, 5.41) is 0. The first-order chi connectivity index (χ1) is 9.81. The van der Waals surface area contributed by atoms with Crippen molar-refractivity contribution in [3.63, 3.8) is 0 Å². The molecule has 0 saturated carbocycles. The van der Waals surface area contributed by atoms with Crippen molar-refractivity contribution in [2.75, 3.05) is 24.6 Å². The second kappa shape index (κ2) is 6.76. The van der Waals surface area contributed by atoms with Crippen molar-refractivity contribution in [2.24, 2.45) is 0 Å². The van der Waals surface area contributed by atoms with Gasteiger partial charge in [-0.1, -0.05) is 0 Å². The maximum Gasteiger partial charge on any atom is 0.316 e. The molecule has 3 rings (SSSR count). The summed E-state index contributed by atoms with van der Waals surface area (Å²) in [7, 11) is 0. The van der Waals surface area contributed by atoms with E-state index in [1.54, 1.807) is 0 Å². The molecule has 2 saturated heterocycles. The first-order valence-corrected chi connectivity index (χ1v) is 8.74. The van der Waals surface area contributed by atoms with Gasteiger partial charge in [0.15, 0.2) is 0 Å². The molecule has 0 bridgehead atoms. The molecule has 20 heavy (non-hydrogen) atoms. The summed E-state index contributed by atoms with van der Waals surface area (Å²) in [5.41, 5.74) is 1.07. The zero-order valence-electron chi connectivity index (χ0n) is 12.1. The molecule has 4 nitrogen and oxygen atoms in total. The van der Waals surface area contributed by atoms with Crippen molar-refractivity contribution >= 4 is 11.8 Å². The molecule has 1 aromatic heterocycles. The Morgan fingerprint density at radius 3 is 2.40 bits per heavy atom. The first kappa shape index (κ1) is 14.1. The quantitative estimate of drug-likeness (QED) is 0.856. The van der Waals surface area contributed by atoms with Gasteiger partial charge in [0.1, 0.15) is 6.10 Å². The second-order valence-corrected chi connectivity index (χ2v) is 6.96. The lowest BCUT2D eigenvalue weighted by Crippen LogP contribution is -2.45. The molecule has 0 amide bonds.